The lowest BCUT2D eigenvalue weighted by Gasteiger charge is -2.18. The summed E-state index contributed by atoms with van der Waals surface area (Å²) in [7, 11) is 0. The second-order valence-electron chi connectivity index (χ2n) is 6.37. The molecular weight excluding hydrogens is 304 g/mol. The summed E-state index contributed by atoms with van der Waals surface area (Å²) in [6.07, 6.45) is 2.11. The summed E-state index contributed by atoms with van der Waals surface area (Å²) in [6.45, 7) is 8.34. The molecule has 2 aromatic rings. The van der Waals surface area contributed by atoms with Crippen LogP contribution in [0.2, 0.25) is 0 Å². The van der Waals surface area contributed by atoms with Crippen LogP contribution in [0.25, 0.3) is 0 Å². The molecular formula is C19H24N2O3. The fraction of sp³-hybridized carbons (Fsp3) is 0.421. The van der Waals surface area contributed by atoms with Gasteiger partial charge in [-0.05, 0) is 13.0 Å². The fourth-order valence-electron chi connectivity index (χ4n) is 3.21. The van der Waals surface area contributed by atoms with Crippen LogP contribution in [0.1, 0.15) is 17.0 Å². The summed E-state index contributed by atoms with van der Waals surface area (Å²) in [5, 5.41) is 14.3. The second kappa shape index (κ2) is 7.64. The minimum Gasteiger partial charge on any atom is -0.489 e. The van der Waals surface area contributed by atoms with Gasteiger partial charge in [0, 0.05) is 43.6 Å². The van der Waals surface area contributed by atoms with Crippen LogP contribution in [-0.4, -0.2) is 41.0 Å². The van der Waals surface area contributed by atoms with Crippen molar-refractivity contribution < 1.29 is 14.4 Å². The zero-order chi connectivity index (χ0) is 16.9. The minimum atomic E-state index is -0.350. The normalized spacial score (nSPS) is 21.1. The summed E-state index contributed by atoms with van der Waals surface area (Å²) in [5.41, 5.74) is 2.00. The van der Waals surface area contributed by atoms with E-state index in [1.807, 2.05) is 31.2 Å². The van der Waals surface area contributed by atoms with Gasteiger partial charge in [-0.3, -0.25) is 4.90 Å². The van der Waals surface area contributed by atoms with Gasteiger partial charge in [-0.2, -0.15) is 0 Å². The number of para-hydroxylation sites is 1. The molecule has 0 amide bonds. The molecule has 3 rings (SSSR count). The van der Waals surface area contributed by atoms with E-state index in [1.165, 1.54) is 0 Å². The molecule has 1 aliphatic heterocycles. The Bertz CT molecular complexity index is 683. The fourth-order valence-corrected chi connectivity index (χ4v) is 3.21. The molecule has 0 saturated carbocycles. The van der Waals surface area contributed by atoms with Gasteiger partial charge in [0.25, 0.3) is 0 Å². The molecule has 1 aromatic heterocycles. The number of likely N-dealkylation sites (tertiary alicyclic amines) is 1. The molecule has 0 radical (unpaired) electrons. The number of hydrogen-bond donors (Lipinski definition) is 1. The molecule has 1 saturated heterocycles. The highest BCUT2D eigenvalue weighted by molar-refractivity contribution is 5.33. The molecule has 24 heavy (non-hydrogen) atoms. The molecule has 5 nitrogen and oxygen atoms in total. The quantitative estimate of drug-likeness (QED) is 0.792. The Labute approximate surface area is 142 Å². The first kappa shape index (κ1) is 16.7. The Kier molecular flexibility index (Phi) is 5.33. The second-order valence-corrected chi connectivity index (χ2v) is 6.37. The van der Waals surface area contributed by atoms with E-state index >= 15 is 0 Å². The first-order chi connectivity index (χ1) is 11.7. The summed E-state index contributed by atoms with van der Waals surface area (Å²) >= 11 is 0. The van der Waals surface area contributed by atoms with Crippen molar-refractivity contribution in [2.24, 2.45) is 5.92 Å². The summed E-state index contributed by atoms with van der Waals surface area (Å²) in [4.78, 5) is 2.26. The molecule has 128 valence electrons. The number of ether oxygens (including phenoxy) is 1. The van der Waals surface area contributed by atoms with E-state index in [-0.39, 0.29) is 12.0 Å². The molecule has 0 spiro atoms. The Balaban J connectivity index is 1.62. The van der Waals surface area contributed by atoms with Crippen LogP contribution in [0.15, 0.2) is 47.5 Å². The maximum atomic E-state index is 10.4. The third-order valence-electron chi connectivity index (χ3n) is 4.35. The Hall–Kier alpha value is -2.11. The molecule has 0 bridgehead atoms. The van der Waals surface area contributed by atoms with Gasteiger partial charge in [-0.25, -0.2) is 0 Å². The molecule has 1 fully saturated rings. The van der Waals surface area contributed by atoms with Gasteiger partial charge in [-0.1, -0.05) is 36.0 Å². The summed E-state index contributed by atoms with van der Waals surface area (Å²) < 4.78 is 11.0. The largest absolute Gasteiger partial charge is 0.489 e. The zero-order valence-corrected chi connectivity index (χ0v) is 14.0. The summed E-state index contributed by atoms with van der Waals surface area (Å²) in [5.74, 6) is 1.88. The van der Waals surface area contributed by atoms with E-state index in [1.54, 1.807) is 6.08 Å². The van der Waals surface area contributed by atoms with Crippen molar-refractivity contribution >= 4 is 0 Å². The predicted molar refractivity (Wildman–Crippen MR) is 91.9 cm³/mol. The zero-order valence-electron chi connectivity index (χ0n) is 14.0. The van der Waals surface area contributed by atoms with E-state index in [9.17, 15) is 5.11 Å². The van der Waals surface area contributed by atoms with Gasteiger partial charge >= 0.3 is 0 Å². The molecule has 5 heteroatoms. The highest BCUT2D eigenvalue weighted by Crippen LogP contribution is 2.26. The van der Waals surface area contributed by atoms with Crippen molar-refractivity contribution in [2.45, 2.75) is 26.0 Å². The highest BCUT2D eigenvalue weighted by Gasteiger charge is 2.32. The van der Waals surface area contributed by atoms with Gasteiger partial charge in [0.2, 0.25) is 0 Å². The number of aliphatic hydroxyl groups excluding tert-OH is 1. The molecule has 0 unspecified atom stereocenters. The van der Waals surface area contributed by atoms with Crippen molar-refractivity contribution in [1.29, 1.82) is 0 Å². The lowest BCUT2D eigenvalue weighted by atomic mass is 10.0. The number of benzene rings is 1. The average Bonchev–Trinajstić information content (AvgIpc) is 3.13. The number of aromatic nitrogens is 1. The van der Waals surface area contributed by atoms with Crippen LogP contribution in [0.5, 0.6) is 5.75 Å². The van der Waals surface area contributed by atoms with Crippen LogP contribution >= 0.6 is 0 Å². The van der Waals surface area contributed by atoms with Crippen LogP contribution in [0.4, 0.5) is 0 Å². The lowest BCUT2D eigenvalue weighted by Crippen LogP contribution is -2.21. The first-order valence-corrected chi connectivity index (χ1v) is 8.30. The summed E-state index contributed by atoms with van der Waals surface area (Å²) in [6, 6.07) is 9.96. The lowest BCUT2D eigenvalue weighted by molar-refractivity contribution is 0.137. The molecule has 1 aromatic carbocycles. The van der Waals surface area contributed by atoms with Crippen LogP contribution < -0.4 is 4.74 Å². The molecule has 1 aliphatic rings. The Morgan fingerprint density at radius 1 is 1.42 bits per heavy atom. The average molecular weight is 328 g/mol. The van der Waals surface area contributed by atoms with Gasteiger partial charge in [0.05, 0.1) is 11.8 Å². The topological polar surface area (TPSA) is 58.7 Å². The Morgan fingerprint density at radius 3 is 3.00 bits per heavy atom. The molecule has 1 N–H and O–H groups in total. The van der Waals surface area contributed by atoms with Crippen LogP contribution in [0.3, 0.4) is 0 Å². The molecule has 2 atom stereocenters. The first-order valence-electron chi connectivity index (χ1n) is 8.30. The van der Waals surface area contributed by atoms with Gasteiger partial charge < -0.3 is 14.4 Å². The SMILES string of the molecule is C=CCOc1ccccc1CN1C[C@@H](Cc2cc(C)no2)[C@@H](O)C1. The smallest absolute Gasteiger partial charge is 0.137 e. The van der Waals surface area contributed by atoms with Crippen molar-refractivity contribution in [2.75, 3.05) is 19.7 Å². The van der Waals surface area contributed by atoms with Crippen molar-refractivity contribution in [3.05, 3.63) is 60.0 Å². The maximum absolute atomic E-state index is 10.4. The number of rotatable bonds is 7. The number of aryl methyl sites for hydroxylation is 1. The van der Waals surface area contributed by atoms with Gasteiger partial charge in [0.1, 0.15) is 18.1 Å². The molecule has 2 heterocycles. The van der Waals surface area contributed by atoms with Crippen molar-refractivity contribution in [3.63, 3.8) is 0 Å². The van der Waals surface area contributed by atoms with E-state index in [0.29, 0.717) is 19.6 Å². The van der Waals surface area contributed by atoms with Crippen molar-refractivity contribution in [1.82, 2.24) is 10.1 Å². The highest BCUT2D eigenvalue weighted by atomic mass is 16.5. The van der Waals surface area contributed by atoms with E-state index in [4.69, 9.17) is 9.26 Å². The Morgan fingerprint density at radius 2 is 2.25 bits per heavy atom. The predicted octanol–water partition coefficient (Wildman–Crippen LogP) is 2.58. The standard InChI is InChI=1S/C19H24N2O3/c1-3-8-23-19-7-5-4-6-15(19)11-21-12-16(18(22)13-21)10-17-9-14(2)20-24-17/h3-7,9,16,18,22H,1,8,10-13H2,2H3/t16-,18+/m1/s1. The molecule has 0 aliphatic carbocycles. The van der Waals surface area contributed by atoms with Gasteiger partial charge in [-0.15, -0.1) is 0 Å². The van der Waals surface area contributed by atoms with E-state index in [0.717, 1.165) is 35.9 Å². The van der Waals surface area contributed by atoms with Gasteiger partial charge in [0.15, 0.2) is 0 Å². The van der Waals surface area contributed by atoms with Crippen molar-refractivity contribution in [3.8, 4) is 5.75 Å². The number of β-amino-alcohol motifs (C(OH)–C–C–N with tert-alkyl or cyclic N) is 1. The van der Waals surface area contributed by atoms with E-state index in [2.05, 4.69) is 22.7 Å². The van der Waals surface area contributed by atoms with E-state index < -0.39 is 0 Å². The van der Waals surface area contributed by atoms with Crippen LogP contribution in [-0.2, 0) is 13.0 Å². The third-order valence-corrected chi connectivity index (χ3v) is 4.35. The number of aliphatic hydroxyl groups is 1. The number of hydrogen-bond acceptors (Lipinski definition) is 5. The third kappa shape index (κ3) is 4.04. The minimum absolute atomic E-state index is 0.165. The monoisotopic (exact) mass is 328 g/mol. The number of nitrogens with zero attached hydrogens (tertiary/aromatic N) is 2. The van der Waals surface area contributed by atoms with Crippen LogP contribution in [0, 0.1) is 12.8 Å². The maximum Gasteiger partial charge on any atom is 0.137 e.